The highest BCUT2D eigenvalue weighted by molar-refractivity contribution is 5.87. The maximum atomic E-state index is 13.1. The third kappa shape index (κ3) is 5.39. The number of nitrogens with one attached hydrogen (secondary N) is 2. The maximum Gasteiger partial charge on any atom is 0.407 e. The molecule has 4 rings (SSSR count). The molecule has 7 nitrogen and oxygen atoms in total. The van der Waals surface area contributed by atoms with Crippen LogP contribution in [0.2, 0.25) is 0 Å². The Kier molecular flexibility index (Phi) is 6.96. The van der Waals surface area contributed by atoms with Crippen LogP contribution >= 0.6 is 0 Å². The summed E-state index contributed by atoms with van der Waals surface area (Å²) in [5, 5.41) is 14.9. The molecule has 0 saturated carbocycles. The number of carboxylic acids is 1. The molecule has 3 unspecified atom stereocenters. The van der Waals surface area contributed by atoms with E-state index < -0.39 is 35.5 Å². The molecule has 2 aromatic rings. The third-order valence-electron chi connectivity index (χ3n) is 6.74. The van der Waals surface area contributed by atoms with Gasteiger partial charge in [-0.2, -0.15) is 0 Å². The van der Waals surface area contributed by atoms with Crippen molar-refractivity contribution in [3.63, 3.8) is 0 Å². The molecule has 0 aromatic heterocycles. The number of benzene rings is 2. The number of carbonyl (C=O) groups excluding carboxylic acids is 2. The summed E-state index contributed by atoms with van der Waals surface area (Å²) in [6, 6.07) is 15.0. The molecule has 0 spiro atoms. The van der Waals surface area contributed by atoms with E-state index >= 15 is 0 Å². The Bertz CT molecular complexity index is 1100. The van der Waals surface area contributed by atoms with E-state index in [1.807, 2.05) is 51.1 Å². The lowest BCUT2D eigenvalue weighted by molar-refractivity contribution is -0.142. The van der Waals surface area contributed by atoms with Gasteiger partial charge in [0, 0.05) is 12.0 Å². The van der Waals surface area contributed by atoms with E-state index in [1.54, 1.807) is 6.08 Å². The van der Waals surface area contributed by atoms with Gasteiger partial charge in [-0.15, -0.1) is 0 Å². The fraction of sp³-hybridized carbons (Fsp3) is 0.393. The molecule has 184 valence electrons. The number of allylic oxidation sites excluding steroid dienone is 1. The normalized spacial score (nSPS) is 19.9. The van der Waals surface area contributed by atoms with Gasteiger partial charge in [0.25, 0.3) is 0 Å². The molecule has 2 amide bonds. The van der Waals surface area contributed by atoms with Gasteiger partial charge in [0.1, 0.15) is 12.6 Å². The number of hydrogen-bond acceptors (Lipinski definition) is 4. The molecule has 0 radical (unpaired) electrons. The van der Waals surface area contributed by atoms with E-state index in [2.05, 4.69) is 34.9 Å². The van der Waals surface area contributed by atoms with Crippen LogP contribution in [0.1, 0.15) is 50.7 Å². The summed E-state index contributed by atoms with van der Waals surface area (Å²) >= 11 is 0. The van der Waals surface area contributed by atoms with Gasteiger partial charge in [-0.3, -0.25) is 9.59 Å². The molecule has 0 heterocycles. The van der Waals surface area contributed by atoms with Crippen LogP contribution in [0, 0.1) is 11.3 Å². The van der Waals surface area contributed by atoms with Gasteiger partial charge in [-0.1, -0.05) is 81.5 Å². The van der Waals surface area contributed by atoms with Gasteiger partial charge in [0.2, 0.25) is 5.91 Å². The average Bonchev–Trinajstić information content (AvgIpc) is 3.14. The van der Waals surface area contributed by atoms with Crippen molar-refractivity contribution in [3.05, 3.63) is 71.8 Å². The van der Waals surface area contributed by atoms with E-state index in [9.17, 15) is 19.5 Å². The van der Waals surface area contributed by atoms with E-state index in [1.165, 1.54) is 0 Å². The molecule has 0 saturated heterocycles. The van der Waals surface area contributed by atoms with Crippen molar-refractivity contribution in [1.29, 1.82) is 0 Å². The first-order valence-corrected chi connectivity index (χ1v) is 12.0. The Morgan fingerprint density at radius 2 is 1.63 bits per heavy atom. The highest BCUT2D eigenvalue weighted by Gasteiger charge is 2.36. The van der Waals surface area contributed by atoms with Crippen LogP contribution in [0.3, 0.4) is 0 Å². The second kappa shape index (κ2) is 9.94. The van der Waals surface area contributed by atoms with Crippen LogP contribution in [0.15, 0.2) is 60.7 Å². The highest BCUT2D eigenvalue weighted by Crippen LogP contribution is 2.44. The van der Waals surface area contributed by atoms with Crippen molar-refractivity contribution in [2.75, 3.05) is 6.61 Å². The van der Waals surface area contributed by atoms with Crippen LogP contribution in [0.25, 0.3) is 11.1 Å². The zero-order valence-corrected chi connectivity index (χ0v) is 20.3. The summed E-state index contributed by atoms with van der Waals surface area (Å²) in [6.45, 7) is 5.73. The first-order chi connectivity index (χ1) is 16.6. The van der Waals surface area contributed by atoms with E-state index in [0.717, 1.165) is 22.3 Å². The largest absolute Gasteiger partial charge is 0.481 e. The average molecular weight is 477 g/mol. The summed E-state index contributed by atoms with van der Waals surface area (Å²) in [5.41, 5.74) is 3.93. The molecule has 2 aliphatic carbocycles. The predicted octanol–water partition coefficient (Wildman–Crippen LogP) is 4.48. The summed E-state index contributed by atoms with van der Waals surface area (Å²) in [7, 11) is 0. The van der Waals surface area contributed by atoms with E-state index in [0.29, 0.717) is 12.8 Å². The Morgan fingerprint density at radius 3 is 2.20 bits per heavy atom. The number of carboxylic acid groups (broad SMARTS) is 1. The minimum absolute atomic E-state index is 0.0737. The van der Waals surface area contributed by atoms with Crippen molar-refractivity contribution in [3.8, 4) is 11.1 Å². The number of rotatable bonds is 6. The Hall–Kier alpha value is -3.61. The molecule has 0 fully saturated rings. The summed E-state index contributed by atoms with van der Waals surface area (Å²) < 4.78 is 5.63. The number of carbonyl (C=O) groups is 3. The highest BCUT2D eigenvalue weighted by atomic mass is 16.5. The third-order valence-corrected chi connectivity index (χ3v) is 6.74. The molecule has 3 atom stereocenters. The molecule has 3 N–H and O–H groups in total. The lowest BCUT2D eigenvalue weighted by atomic mass is 9.85. The number of hydrogen-bond donors (Lipinski definition) is 3. The topological polar surface area (TPSA) is 105 Å². The molecule has 2 aromatic carbocycles. The standard InChI is InChI=1S/C28H32N2O5/c1-28(2,3)24(25(31)29-18-10-8-9-17(15-18)26(32)33)30-27(34)35-16-23-21-13-6-4-11-19(21)20-12-5-7-14-22(20)23/h4-8,10-14,17-18,23-24H,9,15-16H2,1-3H3,(H,29,31)(H,30,34)(H,32,33). The molecule has 35 heavy (non-hydrogen) atoms. The van der Waals surface area contributed by atoms with Crippen molar-refractivity contribution >= 4 is 18.0 Å². The van der Waals surface area contributed by atoms with E-state index in [4.69, 9.17) is 4.74 Å². The minimum Gasteiger partial charge on any atom is -0.481 e. The first kappa shape index (κ1) is 24.5. The molecule has 0 aliphatic heterocycles. The number of ether oxygens (including phenoxy) is 1. The minimum atomic E-state index is -0.877. The van der Waals surface area contributed by atoms with Crippen LogP contribution in [0.5, 0.6) is 0 Å². The van der Waals surface area contributed by atoms with Gasteiger partial charge in [-0.25, -0.2) is 4.79 Å². The van der Waals surface area contributed by atoms with Gasteiger partial charge in [-0.05, 0) is 40.5 Å². The zero-order chi connectivity index (χ0) is 25.2. The monoisotopic (exact) mass is 476 g/mol. The Labute approximate surface area is 205 Å². The Balaban J connectivity index is 1.41. The van der Waals surface area contributed by atoms with Crippen LogP contribution in [-0.4, -0.2) is 41.8 Å². The SMILES string of the molecule is CC(C)(C)C(NC(=O)OCC1c2ccccc2-c2ccccc21)C(=O)NC1C=CCC(C(=O)O)C1. The lowest BCUT2D eigenvalue weighted by Gasteiger charge is -2.32. The van der Waals surface area contributed by atoms with Gasteiger partial charge in [0.05, 0.1) is 5.92 Å². The molecule has 0 bridgehead atoms. The molecule has 7 heteroatoms. The number of alkyl carbamates (subject to hydrolysis) is 1. The van der Waals surface area contributed by atoms with Crippen molar-refractivity contribution < 1.29 is 24.2 Å². The van der Waals surface area contributed by atoms with Gasteiger partial charge < -0.3 is 20.5 Å². The fourth-order valence-electron chi connectivity index (χ4n) is 4.90. The fourth-order valence-corrected chi connectivity index (χ4v) is 4.90. The quantitative estimate of drug-likeness (QED) is 0.534. The molecule has 2 aliphatic rings. The predicted molar refractivity (Wildman–Crippen MR) is 133 cm³/mol. The number of amides is 2. The first-order valence-electron chi connectivity index (χ1n) is 12.0. The second-order valence-corrected chi connectivity index (χ2v) is 10.3. The molecular weight excluding hydrogens is 444 g/mol. The number of fused-ring (bicyclic) bond motifs is 3. The lowest BCUT2D eigenvalue weighted by Crippen LogP contribution is -2.55. The molecular formula is C28H32N2O5. The maximum absolute atomic E-state index is 13.1. The van der Waals surface area contributed by atoms with Crippen molar-refractivity contribution in [2.24, 2.45) is 11.3 Å². The zero-order valence-electron chi connectivity index (χ0n) is 20.3. The van der Waals surface area contributed by atoms with Gasteiger partial charge >= 0.3 is 12.1 Å². The van der Waals surface area contributed by atoms with Crippen molar-refractivity contribution in [2.45, 2.75) is 51.6 Å². The van der Waals surface area contributed by atoms with Crippen LogP contribution < -0.4 is 10.6 Å². The van der Waals surface area contributed by atoms with Crippen LogP contribution in [-0.2, 0) is 14.3 Å². The Morgan fingerprint density at radius 1 is 1.03 bits per heavy atom. The summed E-state index contributed by atoms with van der Waals surface area (Å²) in [5.74, 6) is -1.85. The summed E-state index contributed by atoms with van der Waals surface area (Å²) in [4.78, 5) is 37.2. The second-order valence-electron chi connectivity index (χ2n) is 10.3. The van der Waals surface area contributed by atoms with Gasteiger partial charge in [0.15, 0.2) is 0 Å². The summed E-state index contributed by atoms with van der Waals surface area (Å²) in [6.07, 6.45) is 3.69. The number of aliphatic carboxylic acids is 1. The van der Waals surface area contributed by atoms with Crippen molar-refractivity contribution in [1.82, 2.24) is 10.6 Å². The smallest absolute Gasteiger partial charge is 0.407 e. The van der Waals surface area contributed by atoms with Crippen LogP contribution in [0.4, 0.5) is 4.79 Å². The van der Waals surface area contributed by atoms with E-state index in [-0.39, 0.29) is 18.4 Å².